The highest BCUT2D eigenvalue weighted by Crippen LogP contribution is 2.34. The van der Waals surface area contributed by atoms with Crippen molar-refractivity contribution < 1.29 is 19.0 Å². The fourth-order valence-electron chi connectivity index (χ4n) is 4.68. The van der Waals surface area contributed by atoms with Gasteiger partial charge in [-0.05, 0) is 24.6 Å². The number of nitrogens with zero attached hydrogens (tertiary/aromatic N) is 4. The molecule has 6 rings (SSSR count). The number of hydrogen-bond donors (Lipinski definition) is 1. The lowest BCUT2D eigenvalue weighted by Gasteiger charge is -2.26. The maximum atomic E-state index is 13.1. The van der Waals surface area contributed by atoms with Gasteiger partial charge in [-0.2, -0.15) is 5.10 Å². The van der Waals surface area contributed by atoms with Gasteiger partial charge in [0.05, 0.1) is 42.9 Å². The molecule has 0 aromatic carbocycles. The molecule has 2 bridgehead atoms. The van der Waals surface area contributed by atoms with Crippen molar-refractivity contribution >= 4 is 16.8 Å². The quantitative estimate of drug-likeness (QED) is 0.689. The smallest absolute Gasteiger partial charge is 0.272 e. The molecule has 160 valence electrons. The number of morpholine rings is 1. The number of nitrogens with one attached hydrogen (secondary N) is 1. The number of carbonyl (C=O) groups excluding carboxylic acids is 1. The van der Waals surface area contributed by atoms with E-state index in [9.17, 15) is 4.79 Å². The van der Waals surface area contributed by atoms with Crippen LogP contribution in [0.5, 0.6) is 5.88 Å². The van der Waals surface area contributed by atoms with Crippen LogP contribution in [-0.2, 0) is 9.47 Å². The molecule has 3 aromatic rings. The third kappa shape index (κ3) is 3.34. The molecule has 3 aliphatic heterocycles. The van der Waals surface area contributed by atoms with Crippen molar-refractivity contribution in [2.45, 2.75) is 37.5 Å². The second-order valence-electron chi connectivity index (χ2n) is 8.27. The van der Waals surface area contributed by atoms with Crippen molar-refractivity contribution in [2.75, 3.05) is 26.4 Å². The van der Waals surface area contributed by atoms with Crippen molar-refractivity contribution in [3.05, 3.63) is 36.3 Å². The molecule has 0 saturated carbocycles. The standard InChI is InChI=1S/C22H23N5O4/c28-22(27-11-16-10-14(27)12-30-16)18-9-13(1-5-23-18)20-19-17(25-26-20)2-6-24-21(19)31-15-3-7-29-8-4-15/h1-2,5-6,9,14-16H,3-4,7-8,10-12H2,(H,25,26)/t14-,16-/m0/s1. The minimum Gasteiger partial charge on any atom is -0.474 e. The Morgan fingerprint density at radius 2 is 2.06 bits per heavy atom. The molecule has 0 unspecified atom stereocenters. The number of likely N-dealkylation sites (tertiary alicyclic amines) is 1. The lowest BCUT2D eigenvalue weighted by atomic mass is 10.1. The van der Waals surface area contributed by atoms with Gasteiger partial charge in [0.2, 0.25) is 5.88 Å². The molecule has 9 nitrogen and oxygen atoms in total. The fourth-order valence-corrected chi connectivity index (χ4v) is 4.68. The van der Waals surface area contributed by atoms with Crippen molar-refractivity contribution in [3.63, 3.8) is 0 Å². The Morgan fingerprint density at radius 3 is 2.87 bits per heavy atom. The maximum absolute atomic E-state index is 13.1. The number of fused-ring (bicyclic) bond motifs is 3. The van der Waals surface area contributed by atoms with Gasteiger partial charge >= 0.3 is 0 Å². The average Bonchev–Trinajstić information content (AvgIpc) is 3.55. The van der Waals surface area contributed by atoms with E-state index >= 15 is 0 Å². The van der Waals surface area contributed by atoms with Gasteiger partial charge in [-0.15, -0.1) is 0 Å². The Hall–Kier alpha value is -3.04. The molecule has 0 radical (unpaired) electrons. The lowest BCUT2D eigenvalue weighted by Crippen LogP contribution is -2.41. The third-order valence-corrected chi connectivity index (χ3v) is 6.30. The van der Waals surface area contributed by atoms with Gasteiger partial charge in [-0.25, -0.2) is 4.98 Å². The molecule has 9 heteroatoms. The first-order chi connectivity index (χ1) is 15.3. The molecule has 1 amide bonds. The van der Waals surface area contributed by atoms with Crippen LogP contribution >= 0.6 is 0 Å². The third-order valence-electron chi connectivity index (χ3n) is 6.30. The summed E-state index contributed by atoms with van der Waals surface area (Å²) in [5, 5.41) is 8.39. The van der Waals surface area contributed by atoms with Gasteiger partial charge in [-0.3, -0.25) is 14.9 Å². The maximum Gasteiger partial charge on any atom is 0.272 e. The van der Waals surface area contributed by atoms with Crippen molar-refractivity contribution in [1.82, 2.24) is 25.1 Å². The van der Waals surface area contributed by atoms with Gasteiger partial charge in [0.25, 0.3) is 5.91 Å². The van der Waals surface area contributed by atoms with Crippen LogP contribution in [0.3, 0.4) is 0 Å². The van der Waals surface area contributed by atoms with Gasteiger partial charge in [-0.1, -0.05) is 0 Å². The van der Waals surface area contributed by atoms with Crippen LogP contribution in [0.25, 0.3) is 22.2 Å². The van der Waals surface area contributed by atoms with Crippen LogP contribution in [0.4, 0.5) is 0 Å². The van der Waals surface area contributed by atoms with E-state index in [1.54, 1.807) is 18.5 Å². The molecule has 31 heavy (non-hydrogen) atoms. The number of pyridine rings is 2. The molecular formula is C22H23N5O4. The minimum atomic E-state index is -0.0608. The summed E-state index contributed by atoms with van der Waals surface area (Å²) in [7, 11) is 0. The van der Waals surface area contributed by atoms with Crippen LogP contribution < -0.4 is 4.74 Å². The number of ether oxygens (including phenoxy) is 3. The zero-order chi connectivity index (χ0) is 20.8. The molecule has 2 atom stereocenters. The normalized spacial score (nSPS) is 23.5. The van der Waals surface area contributed by atoms with E-state index in [-0.39, 0.29) is 24.2 Å². The van der Waals surface area contributed by atoms with Crippen LogP contribution in [0.2, 0.25) is 0 Å². The van der Waals surface area contributed by atoms with Crippen LogP contribution in [0.1, 0.15) is 29.8 Å². The summed E-state index contributed by atoms with van der Waals surface area (Å²) < 4.78 is 17.3. The molecule has 1 N–H and O–H groups in total. The molecule has 3 fully saturated rings. The predicted octanol–water partition coefficient (Wildman–Crippen LogP) is 2.19. The molecule has 6 heterocycles. The van der Waals surface area contributed by atoms with Crippen molar-refractivity contribution in [1.29, 1.82) is 0 Å². The number of aromatic nitrogens is 4. The van der Waals surface area contributed by atoms with Crippen LogP contribution in [-0.4, -0.2) is 75.6 Å². The molecule has 0 spiro atoms. The van der Waals surface area contributed by atoms with E-state index in [2.05, 4.69) is 20.2 Å². The Morgan fingerprint density at radius 1 is 1.19 bits per heavy atom. The van der Waals surface area contributed by atoms with Gasteiger partial charge < -0.3 is 19.1 Å². The Labute approximate surface area is 178 Å². The van der Waals surface area contributed by atoms with Crippen LogP contribution in [0.15, 0.2) is 30.6 Å². The van der Waals surface area contributed by atoms with Gasteiger partial charge in [0.15, 0.2) is 0 Å². The summed E-state index contributed by atoms with van der Waals surface area (Å²) in [4.78, 5) is 23.8. The topological polar surface area (TPSA) is 102 Å². The summed E-state index contributed by atoms with van der Waals surface area (Å²) in [5.41, 5.74) is 2.76. The van der Waals surface area contributed by atoms with E-state index in [1.807, 2.05) is 17.0 Å². The monoisotopic (exact) mass is 421 g/mol. The molecular weight excluding hydrogens is 398 g/mol. The second kappa shape index (κ2) is 7.58. The molecule has 3 saturated heterocycles. The van der Waals surface area contributed by atoms with E-state index in [4.69, 9.17) is 14.2 Å². The van der Waals surface area contributed by atoms with Crippen LogP contribution in [0, 0.1) is 0 Å². The Balaban J connectivity index is 1.33. The van der Waals surface area contributed by atoms with Crippen molar-refractivity contribution in [3.8, 4) is 17.1 Å². The highest BCUT2D eigenvalue weighted by atomic mass is 16.5. The number of H-pyrrole nitrogens is 1. The highest BCUT2D eigenvalue weighted by Gasteiger charge is 2.42. The first-order valence-electron chi connectivity index (χ1n) is 10.7. The fraction of sp³-hybridized carbons (Fsp3) is 0.455. The first kappa shape index (κ1) is 18.7. The zero-order valence-electron chi connectivity index (χ0n) is 17.0. The first-order valence-corrected chi connectivity index (χ1v) is 10.7. The van der Waals surface area contributed by atoms with E-state index < -0.39 is 0 Å². The second-order valence-corrected chi connectivity index (χ2v) is 8.27. The van der Waals surface area contributed by atoms with Crippen molar-refractivity contribution in [2.24, 2.45) is 0 Å². The summed E-state index contributed by atoms with van der Waals surface area (Å²) in [6.45, 7) is 2.63. The zero-order valence-corrected chi connectivity index (χ0v) is 17.0. The van der Waals surface area contributed by atoms with E-state index in [0.29, 0.717) is 43.6 Å². The summed E-state index contributed by atoms with van der Waals surface area (Å²) in [5.74, 6) is 0.487. The molecule has 0 aliphatic carbocycles. The van der Waals surface area contributed by atoms with E-state index in [0.717, 1.165) is 35.7 Å². The summed E-state index contributed by atoms with van der Waals surface area (Å²) in [6.07, 6.45) is 6.17. The minimum absolute atomic E-state index is 0.0608. The molecule has 3 aliphatic rings. The Kier molecular flexibility index (Phi) is 4.57. The van der Waals surface area contributed by atoms with E-state index in [1.165, 1.54) is 0 Å². The number of aromatic amines is 1. The lowest BCUT2D eigenvalue weighted by molar-refractivity contribution is 0.0244. The van der Waals surface area contributed by atoms with Gasteiger partial charge in [0.1, 0.15) is 17.5 Å². The average molecular weight is 421 g/mol. The number of carbonyl (C=O) groups is 1. The molecule has 3 aromatic heterocycles. The van der Waals surface area contributed by atoms with Gasteiger partial charge in [0, 0.05) is 37.3 Å². The summed E-state index contributed by atoms with van der Waals surface area (Å²) in [6, 6.07) is 5.68. The SMILES string of the molecule is O=C(c1cc(-c2n[nH]c3ccnc(OC4CCOCC4)c23)ccn1)N1C[C@@H]2C[C@H]1CO2. The Bertz CT molecular complexity index is 1130. The number of amides is 1. The predicted molar refractivity (Wildman–Crippen MR) is 111 cm³/mol. The number of rotatable bonds is 4. The largest absolute Gasteiger partial charge is 0.474 e. The number of hydrogen-bond acceptors (Lipinski definition) is 7. The highest BCUT2D eigenvalue weighted by molar-refractivity contribution is 5.98. The summed E-state index contributed by atoms with van der Waals surface area (Å²) >= 11 is 0.